The summed E-state index contributed by atoms with van der Waals surface area (Å²) in [4.78, 5) is 14.6. The van der Waals surface area contributed by atoms with Gasteiger partial charge in [0.2, 0.25) is 5.29 Å². The highest BCUT2D eigenvalue weighted by Crippen LogP contribution is 2.22. The third-order valence-electron chi connectivity index (χ3n) is 2.97. The molecule has 2 heterocycles. The molecule has 2 aliphatic rings. The maximum Gasteiger partial charge on any atom is 0.221 e. The van der Waals surface area contributed by atoms with E-state index in [1.807, 2.05) is 23.1 Å². The second-order valence-corrected chi connectivity index (χ2v) is 4.55. The van der Waals surface area contributed by atoms with Crippen LogP contribution in [-0.2, 0) is 6.54 Å². The summed E-state index contributed by atoms with van der Waals surface area (Å²) in [6.45, 7) is 0.729. The van der Waals surface area contributed by atoms with Gasteiger partial charge in [-0.15, -0.1) is 0 Å². The van der Waals surface area contributed by atoms with Crippen LogP contribution < -0.4 is 5.73 Å². The molecule has 5 nitrogen and oxygen atoms in total. The van der Waals surface area contributed by atoms with E-state index in [2.05, 4.69) is 27.1 Å². The Hall–Kier alpha value is -1.88. The van der Waals surface area contributed by atoms with Crippen LogP contribution >= 0.6 is 11.6 Å². The molecule has 92 valence electrons. The minimum absolute atomic E-state index is 0.171. The Morgan fingerprint density at radius 3 is 2.83 bits per heavy atom. The number of amidine groups is 2. The van der Waals surface area contributed by atoms with Gasteiger partial charge >= 0.3 is 0 Å². The standard InChI is InChI=1S/C12H12ClN5/c13-12-16-10(14)9-11(17-12)18(7-15-9)6-8-4-2-1-3-5-8/h1-5,7,9,11H,6H2,(H2,14,16,17)/t9-,11+/m0/s1. The number of aliphatic imine (C=N–C) groups is 3. The summed E-state index contributed by atoms with van der Waals surface area (Å²) in [5.41, 5.74) is 7.00. The molecule has 0 spiro atoms. The van der Waals surface area contributed by atoms with Crippen molar-refractivity contribution in [3.05, 3.63) is 35.9 Å². The van der Waals surface area contributed by atoms with Crippen LogP contribution in [0.25, 0.3) is 0 Å². The average Bonchev–Trinajstić information content (AvgIpc) is 2.74. The molecule has 1 aromatic rings. The van der Waals surface area contributed by atoms with Gasteiger partial charge in [-0.25, -0.2) is 9.98 Å². The first-order valence-electron chi connectivity index (χ1n) is 5.64. The second kappa shape index (κ2) is 4.42. The van der Waals surface area contributed by atoms with E-state index in [9.17, 15) is 0 Å². The molecular weight excluding hydrogens is 250 g/mol. The highest BCUT2D eigenvalue weighted by Gasteiger charge is 2.35. The smallest absolute Gasteiger partial charge is 0.221 e. The van der Waals surface area contributed by atoms with E-state index >= 15 is 0 Å². The molecule has 0 fully saturated rings. The Morgan fingerprint density at radius 1 is 1.28 bits per heavy atom. The molecule has 0 aliphatic carbocycles. The third kappa shape index (κ3) is 1.97. The number of nitrogens with zero attached hydrogens (tertiary/aromatic N) is 4. The van der Waals surface area contributed by atoms with Crippen molar-refractivity contribution in [1.82, 2.24) is 4.90 Å². The number of halogens is 1. The van der Waals surface area contributed by atoms with E-state index < -0.39 is 0 Å². The minimum atomic E-state index is -0.212. The number of hydrogen-bond donors (Lipinski definition) is 1. The van der Waals surface area contributed by atoms with Crippen molar-refractivity contribution in [3.63, 3.8) is 0 Å². The topological polar surface area (TPSA) is 66.3 Å². The maximum atomic E-state index is 5.85. The molecule has 0 radical (unpaired) electrons. The summed E-state index contributed by atoms with van der Waals surface area (Å²) < 4.78 is 0. The lowest BCUT2D eigenvalue weighted by atomic mass is 10.1. The summed E-state index contributed by atoms with van der Waals surface area (Å²) >= 11 is 5.85. The van der Waals surface area contributed by atoms with E-state index in [1.54, 1.807) is 6.34 Å². The summed E-state index contributed by atoms with van der Waals surface area (Å²) in [5.74, 6) is 0.423. The predicted octanol–water partition coefficient (Wildman–Crippen LogP) is 1.19. The molecule has 6 heteroatoms. The quantitative estimate of drug-likeness (QED) is 0.813. The van der Waals surface area contributed by atoms with Crippen molar-refractivity contribution in [2.45, 2.75) is 18.8 Å². The van der Waals surface area contributed by atoms with Gasteiger partial charge in [-0.05, 0) is 17.2 Å². The van der Waals surface area contributed by atoms with Crippen LogP contribution in [0.1, 0.15) is 5.56 Å². The van der Waals surface area contributed by atoms with Crippen molar-refractivity contribution in [2.24, 2.45) is 20.7 Å². The number of hydrogen-bond acceptors (Lipinski definition) is 5. The lowest BCUT2D eigenvalue weighted by Crippen LogP contribution is -2.44. The zero-order valence-corrected chi connectivity index (χ0v) is 10.3. The molecule has 2 N–H and O–H groups in total. The first-order valence-corrected chi connectivity index (χ1v) is 6.02. The molecular formula is C12H12ClN5. The summed E-state index contributed by atoms with van der Waals surface area (Å²) in [6.07, 6.45) is 1.60. The van der Waals surface area contributed by atoms with E-state index in [4.69, 9.17) is 17.3 Å². The van der Waals surface area contributed by atoms with Gasteiger partial charge in [-0.2, -0.15) is 0 Å². The Bertz CT molecular complexity index is 537. The Labute approximate surface area is 110 Å². The zero-order valence-electron chi connectivity index (χ0n) is 9.57. The fraction of sp³-hybridized carbons (Fsp3) is 0.250. The molecule has 2 atom stereocenters. The van der Waals surface area contributed by atoms with Crippen molar-refractivity contribution >= 4 is 29.1 Å². The number of rotatable bonds is 2. The van der Waals surface area contributed by atoms with Gasteiger partial charge < -0.3 is 10.6 Å². The largest absolute Gasteiger partial charge is 0.385 e. The highest BCUT2D eigenvalue weighted by molar-refractivity contribution is 6.65. The van der Waals surface area contributed by atoms with Crippen molar-refractivity contribution < 1.29 is 0 Å². The summed E-state index contributed by atoms with van der Waals surface area (Å²) in [6, 6.07) is 9.92. The molecule has 0 saturated carbocycles. The van der Waals surface area contributed by atoms with E-state index in [0.29, 0.717) is 5.84 Å². The number of nitrogens with two attached hydrogens (primary N) is 1. The average molecular weight is 262 g/mol. The predicted molar refractivity (Wildman–Crippen MR) is 73.0 cm³/mol. The summed E-state index contributed by atoms with van der Waals surface area (Å²) in [7, 11) is 0. The molecule has 0 bridgehead atoms. The monoisotopic (exact) mass is 261 g/mol. The van der Waals surface area contributed by atoms with Gasteiger partial charge in [0.15, 0.2) is 6.17 Å². The second-order valence-electron chi connectivity index (χ2n) is 4.22. The SMILES string of the molecule is NC1=NC(Cl)=N[C@H]2[C@H]1N=CN2Cc1ccccc1. The van der Waals surface area contributed by atoms with Crippen LogP contribution in [0.3, 0.4) is 0 Å². The minimum Gasteiger partial charge on any atom is -0.385 e. The highest BCUT2D eigenvalue weighted by atomic mass is 35.5. The third-order valence-corrected chi connectivity index (χ3v) is 3.15. The molecule has 18 heavy (non-hydrogen) atoms. The molecule has 0 unspecified atom stereocenters. The Kier molecular flexibility index (Phi) is 2.76. The normalized spacial score (nSPS) is 25.7. The zero-order chi connectivity index (χ0) is 12.5. The van der Waals surface area contributed by atoms with Crippen molar-refractivity contribution in [3.8, 4) is 0 Å². The summed E-state index contributed by atoms with van der Waals surface area (Å²) in [5, 5.41) is 0.192. The molecule has 1 aromatic carbocycles. The van der Waals surface area contributed by atoms with Crippen LogP contribution in [-0.4, -0.2) is 34.6 Å². The van der Waals surface area contributed by atoms with Crippen molar-refractivity contribution in [1.29, 1.82) is 0 Å². The van der Waals surface area contributed by atoms with E-state index in [-0.39, 0.29) is 17.5 Å². The van der Waals surface area contributed by atoms with Crippen LogP contribution in [0.2, 0.25) is 0 Å². The number of benzene rings is 1. The van der Waals surface area contributed by atoms with Gasteiger partial charge in [0.25, 0.3) is 0 Å². The molecule has 0 saturated heterocycles. The lowest BCUT2D eigenvalue weighted by molar-refractivity contribution is 0.335. The fourth-order valence-corrected chi connectivity index (χ4v) is 2.29. The van der Waals surface area contributed by atoms with E-state index in [0.717, 1.165) is 6.54 Å². The molecule has 0 aromatic heterocycles. The Balaban J connectivity index is 1.81. The molecule has 3 rings (SSSR count). The van der Waals surface area contributed by atoms with Gasteiger partial charge in [0.1, 0.15) is 11.9 Å². The lowest BCUT2D eigenvalue weighted by Gasteiger charge is -2.26. The van der Waals surface area contributed by atoms with Crippen LogP contribution in [0.15, 0.2) is 45.3 Å². The van der Waals surface area contributed by atoms with Crippen LogP contribution in [0.5, 0.6) is 0 Å². The van der Waals surface area contributed by atoms with Crippen molar-refractivity contribution in [2.75, 3.05) is 0 Å². The first kappa shape index (κ1) is 11.2. The first-order chi connectivity index (χ1) is 8.74. The molecule has 0 amide bonds. The Morgan fingerprint density at radius 2 is 2.06 bits per heavy atom. The fourth-order valence-electron chi connectivity index (χ4n) is 2.10. The van der Waals surface area contributed by atoms with Gasteiger partial charge in [-0.1, -0.05) is 30.3 Å². The van der Waals surface area contributed by atoms with Crippen LogP contribution in [0, 0.1) is 0 Å². The van der Waals surface area contributed by atoms with Gasteiger partial charge in [0.05, 0.1) is 6.34 Å². The maximum absolute atomic E-state index is 5.85. The van der Waals surface area contributed by atoms with E-state index in [1.165, 1.54) is 5.56 Å². The molecule has 2 aliphatic heterocycles. The van der Waals surface area contributed by atoms with Crippen LogP contribution in [0.4, 0.5) is 0 Å². The van der Waals surface area contributed by atoms with Gasteiger partial charge in [-0.3, -0.25) is 4.99 Å². The van der Waals surface area contributed by atoms with Gasteiger partial charge in [0, 0.05) is 6.54 Å². The number of fused-ring (bicyclic) bond motifs is 1.